The van der Waals surface area contributed by atoms with Gasteiger partial charge in [-0.1, -0.05) is 18.2 Å². The van der Waals surface area contributed by atoms with Gasteiger partial charge in [-0.2, -0.15) is 5.10 Å². The highest BCUT2D eigenvalue weighted by Gasteiger charge is 2.25. The molecule has 0 radical (unpaired) electrons. The Morgan fingerprint density at radius 1 is 1.11 bits per heavy atom. The monoisotopic (exact) mass is 493 g/mol. The number of aromatic nitrogens is 3. The van der Waals surface area contributed by atoms with Crippen molar-refractivity contribution in [2.75, 3.05) is 37.7 Å². The number of benzene rings is 1. The van der Waals surface area contributed by atoms with Crippen molar-refractivity contribution >= 4 is 39.9 Å². The number of aryl methyl sites for hydroxylation is 2. The number of piperazine rings is 1. The number of pyridine rings is 1. The third-order valence-corrected chi connectivity index (χ3v) is 7.01. The van der Waals surface area contributed by atoms with Gasteiger partial charge in [0, 0.05) is 33.2 Å². The van der Waals surface area contributed by atoms with Gasteiger partial charge in [0.1, 0.15) is 5.82 Å². The Hall–Kier alpha value is -3.79. The van der Waals surface area contributed by atoms with E-state index in [1.54, 1.807) is 40.9 Å². The Bertz CT molecular complexity index is 1390. The zero-order chi connectivity index (χ0) is 24.5. The summed E-state index contributed by atoms with van der Waals surface area (Å²) in [5, 5.41) is 6.96. The van der Waals surface area contributed by atoms with Crippen LogP contribution in [-0.4, -0.2) is 64.3 Å². The largest absolute Gasteiger partial charge is 0.452 e. The molecule has 0 N–H and O–H groups in total. The maximum atomic E-state index is 14.1. The van der Waals surface area contributed by atoms with E-state index in [9.17, 15) is 14.0 Å². The van der Waals surface area contributed by atoms with Gasteiger partial charge in [-0.25, -0.2) is 14.2 Å². The molecule has 0 unspecified atom stereocenters. The van der Waals surface area contributed by atoms with Gasteiger partial charge in [0.15, 0.2) is 12.3 Å². The Kier molecular flexibility index (Phi) is 6.21. The van der Waals surface area contributed by atoms with E-state index in [-0.39, 0.29) is 18.3 Å². The molecular weight excluding hydrogens is 469 g/mol. The van der Waals surface area contributed by atoms with Crippen LogP contribution in [0, 0.1) is 12.7 Å². The first-order valence-electron chi connectivity index (χ1n) is 11.2. The molecule has 4 aromatic rings. The van der Waals surface area contributed by atoms with E-state index in [0.29, 0.717) is 59.9 Å². The van der Waals surface area contributed by atoms with Crippen LogP contribution in [-0.2, 0) is 16.6 Å². The molecule has 10 heteroatoms. The lowest BCUT2D eigenvalue weighted by molar-refractivity contribution is -0.134. The first kappa shape index (κ1) is 23.0. The average Bonchev–Trinajstić information content (AvgIpc) is 3.51. The van der Waals surface area contributed by atoms with Crippen molar-refractivity contribution in [1.29, 1.82) is 0 Å². The number of hydrogen-bond donors (Lipinski definition) is 0. The number of esters is 1. The van der Waals surface area contributed by atoms with E-state index in [1.807, 2.05) is 29.3 Å². The molecule has 0 aliphatic carbocycles. The first-order valence-corrected chi connectivity index (χ1v) is 12.1. The van der Waals surface area contributed by atoms with Crippen LogP contribution in [0.3, 0.4) is 0 Å². The summed E-state index contributed by atoms with van der Waals surface area (Å²) in [7, 11) is 1.78. The van der Waals surface area contributed by atoms with Gasteiger partial charge in [0.25, 0.3) is 5.91 Å². The number of carbonyl (C=O) groups is 2. The van der Waals surface area contributed by atoms with Crippen LogP contribution in [0.25, 0.3) is 21.6 Å². The number of carbonyl (C=O) groups excluding carboxylic acids is 2. The molecule has 0 bridgehead atoms. The molecular formula is C25H24FN5O3S. The van der Waals surface area contributed by atoms with Gasteiger partial charge < -0.3 is 14.5 Å². The average molecular weight is 494 g/mol. The van der Waals surface area contributed by atoms with Crippen LogP contribution in [0.1, 0.15) is 16.1 Å². The van der Waals surface area contributed by atoms with Gasteiger partial charge in [-0.3, -0.25) is 9.48 Å². The molecule has 4 heterocycles. The summed E-state index contributed by atoms with van der Waals surface area (Å²) in [6.07, 6.45) is 0. The fourth-order valence-electron chi connectivity index (χ4n) is 4.36. The van der Waals surface area contributed by atoms with Crippen LogP contribution in [0.4, 0.5) is 10.1 Å². The fourth-order valence-corrected chi connectivity index (χ4v) is 5.04. The number of nitrogens with zero attached hydrogens (tertiary/aromatic N) is 5. The smallest absolute Gasteiger partial charge is 0.339 e. The third-order valence-electron chi connectivity index (χ3n) is 6.11. The maximum absolute atomic E-state index is 14.1. The predicted molar refractivity (Wildman–Crippen MR) is 132 cm³/mol. The number of anilines is 1. The normalized spacial score (nSPS) is 13.9. The molecule has 8 nitrogen and oxygen atoms in total. The van der Waals surface area contributed by atoms with Crippen molar-refractivity contribution < 1.29 is 18.7 Å². The number of rotatable bonds is 5. The van der Waals surface area contributed by atoms with Gasteiger partial charge in [-0.15, -0.1) is 11.3 Å². The number of fused-ring (bicyclic) bond motifs is 1. The summed E-state index contributed by atoms with van der Waals surface area (Å²) in [5.41, 5.74) is 2.76. The van der Waals surface area contributed by atoms with Crippen LogP contribution in [0.5, 0.6) is 0 Å². The van der Waals surface area contributed by atoms with Gasteiger partial charge >= 0.3 is 5.97 Å². The number of para-hydroxylation sites is 1. The number of ether oxygens (including phenoxy) is 1. The van der Waals surface area contributed by atoms with E-state index in [0.717, 1.165) is 4.88 Å². The van der Waals surface area contributed by atoms with E-state index in [4.69, 9.17) is 4.74 Å². The molecule has 1 aliphatic rings. The molecule has 0 atom stereocenters. The summed E-state index contributed by atoms with van der Waals surface area (Å²) in [6, 6.07) is 12.2. The predicted octanol–water partition coefficient (Wildman–Crippen LogP) is 3.65. The summed E-state index contributed by atoms with van der Waals surface area (Å²) in [4.78, 5) is 35.0. The minimum absolute atomic E-state index is 0.279. The minimum Gasteiger partial charge on any atom is -0.452 e. The number of halogens is 1. The summed E-state index contributed by atoms with van der Waals surface area (Å²) >= 11 is 1.52. The topological polar surface area (TPSA) is 80.6 Å². The van der Waals surface area contributed by atoms with Crippen molar-refractivity contribution in [3.05, 3.63) is 64.9 Å². The molecule has 1 fully saturated rings. The Morgan fingerprint density at radius 2 is 1.89 bits per heavy atom. The molecule has 0 saturated carbocycles. The molecule has 1 saturated heterocycles. The summed E-state index contributed by atoms with van der Waals surface area (Å²) in [6.45, 7) is 3.31. The van der Waals surface area contributed by atoms with Gasteiger partial charge in [0.05, 0.1) is 32.9 Å². The molecule has 35 heavy (non-hydrogen) atoms. The van der Waals surface area contributed by atoms with E-state index in [1.165, 1.54) is 17.4 Å². The quantitative estimate of drug-likeness (QED) is 0.395. The Balaban J connectivity index is 1.28. The lowest BCUT2D eigenvalue weighted by atomic mass is 10.1. The van der Waals surface area contributed by atoms with E-state index >= 15 is 0 Å². The highest BCUT2D eigenvalue weighted by Crippen LogP contribution is 2.29. The number of thiophene rings is 1. The second kappa shape index (κ2) is 9.46. The number of hydrogen-bond acceptors (Lipinski definition) is 7. The van der Waals surface area contributed by atoms with Crippen LogP contribution in [0.2, 0.25) is 0 Å². The summed E-state index contributed by atoms with van der Waals surface area (Å²) in [5.74, 6) is -1.15. The fraction of sp³-hybridized carbons (Fsp3) is 0.280. The van der Waals surface area contributed by atoms with Crippen LogP contribution in [0.15, 0.2) is 47.8 Å². The molecule has 1 aliphatic heterocycles. The van der Waals surface area contributed by atoms with Crippen LogP contribution < -0.4 is 4.90 Å². The highest BCUT2D eigenvalue weighted by atomic mass is 32.1. The third kappa shape index (κ3) is 4.49. The van der Waals surface area contributed by atoms with Gasteiger partial charge in [-0.05, 0) is 36.6 Å². The Morgan fingerprint density at radius 3 is 2.60 bits per heavy atom. The second-order valence-corrected chi connectivity index (χ2v) is 9.28. The van der Waals surface area contributed by atoms with Crippen molar-refractivity contribution in [2.45, 2.75) is 6.92 Å². The van der Waals surface area contributed by atoms with Gasteiger partial charge in [0.2, 0.25) is 0 Å². The lowest BCUT2D eigenvalue weighted by Gasteiger charge is -2.36. The number of amides is 1. The molecule has 5 rings (SSSR count). The Labute approximate surface area is 205 Å². The molecule has 1 aromatic carbocycles. The SMILES string of the molecule is Cc1nn(C)c2nc(-c3cccs3)cc(C(=O)OCC(=O)N3CCN(c4ccccc4F)CC3)c12. The summed E-state index contributed by atoms with van der Waals surface area (Å²) < 4.78 is 21.2. The molecule has 180 valence electrons. The minimum atomic E-state index is -0.593. The van der Waals surface area contributed by atoms with Crippen LogP contribution >= 0.6 is 11.3 Å². The zero-order valence-electron chi connectivity index (χ0n) is 19.4. The molecule has 0 spiro atoms. The molecule has 1 amide bonds. The van der Waals surface area contributed by atoms with Crippen molar-refractivity contribution in [1.82, 2.24) is 19.7 Å². The maximum Gasteiger partial charge on any atom is 0.339 e. The molecule has 3 aromatic heterocycles. The zero-order valence-corrected chi connectivity index (χ0v) is 20.2. The standard InChI is InChI=1S/C25H24FN5O3S/c1-16-23-17(14-19(21-8-5-13-35-21)27-24(23)29(2)28-16)25(33)34-15-22(32)31-11-9-30(10-12-31)20-7-4-3-6-18(20)26/h3-8,13-14H,9-12,15H2,1-2H3. The van der Waals surface area contributed by atoms with E-state index in [2.05, 4.69) is 10.1 Å². The first-order chi connectivity index (χ1) is 16.9. The highest BCUT2D eigenvalue weighted by molar-refractivity contribution is 7.13. The van der Waals surface area contributed by atoms with Crippen molar-refractivity contribution in [2.24, 2.45) is 7.05 Å². The van der Waals surface area contributed by atoms with Crippen molar-refractivity contribution in [3.63, 3.8) is 0 Å². The lowest BCUT2D eigenvalue weighted by Crippen LogP contribution is -2.50. The second-order valence-electron chi connectivity index (χ2n) is 8.34. The van der Waals surface area contributed by atoms with E-state index < -0.39 is 5.97 Å². The van der Waals surface area contributed by atoms with Crippen molar-refractivity contribution in [3.8, 4) is 10.6 Å².